The van der Waals surface area contributed by atoms with E-state index in [-0.39, 0.29) is 5.91 Å². The van der Waals surface area contributed by atoms with Crippen LogP contribution >= 0.6 is 11.8 Å². The van der Waals surface area contributed by atoms with Crippen LogP contribution in [-0.4, -0.2) is 11.4 Å². The molecule has 0 saturated carbocycles. The number of anilines is 1. The van der Waals surface area contributed by atoms with Crippen molar-refractivity contribution in [3.05, 3.63) is 95.6 Å². The Morgan fingerprint density at radius 3 is 2.27 bits per heavy atom. The number of hydrogen-bond donors (Lipinski definition) is 2. The van der Waals surface area contributed by atoms with Gasteiger partial charge in [0.2, 0.25) is 5.91 Å². The molecule has 0 saturated heterocycles. The molecule has 0 spiro atoms. The molecule has 1 aliphatic carbocycles. The summed E-state index contributed by atoms with van der Waals surface area (Å²) >= 11 is 1.78. The summed E-state index contributed by atoms with van der Waals surface area (Å²) in [5, 5.41) is 3.01. The minimum absolute atomic E-state index is 0.105. The molecule has 4 rings (SSSR count). The molecule has 0 heterocycles. The fourth-order valence-electron chi connectivity index (χ4n) is 3.58. The number of hydrogen-bond acceptors (Lipinski definition) is 3. The monoisotopic (exact) mass is 418 g/mol. The number of nitrogens with two attached hydrogens (primary N) is 1. The van der Waals surface area contributed by atoms with E-state index in [2.05, 4.69) is 41.7 Å². The molecule has 0 bridgehead atoms. The van der Waals surface area contributed by atoms with Crippen molar-refractivity contribution in [3.8, 4) is 0 Å². The summed E-state index contributed by atoms with van der Waals surface area (Å²) in [4.78, 5) is 14.0. The third kappa shape index (κ3) is 5.53. The number of aryl methyl sites for hydroxylation is 1. The van der Waals surface area contributed by atoms with Gasteiger partial charge in [-0.3, -0.25) is 4.79 Å². The topological polar surface area (TPSA) is 55.1 Å². The zero-order valence-corrected chi connectivity index (χ0v) is 18.5. The molecule has 0 aromatic heterocycles. The number of benzene rings is 3. The van der Waals surface area contributed by atoms with Crippen LogP contribution in [0.2, 0.25) is 0 Å². The Bertz CT molecular complexity index is 956. The summed E-state index contributed by atoms with van der Waals surface area (Å²) in [7, 11) is 0. The molecule has 1 amide bonds. The quantitative estimate of drug-likeness (QED) is 0.513. The Morgan fingerprint density at radius 1 is 0.933 bits per heavy atom. The second-order valence-corrected chi connectivity index (χ2v) is 8.40. The largest absolute Gasteiger partial charge is 0.324 e. The normalized spacial score (nSPS) is 17.3. The molecular formula is C26H30N2OS. The molecule has 1 atom stereocenters. The SMILES string of the molecule is CC.NC1(C(=O)Nc2ccc(SCc3ccccc3)cc2)CCc2ccccc2C1. The van der Waals surface area contributed by atoms with Gasteiger partial charge in [0.1, 0.15) is 5.54 Å². The van der Waals surface area contributed by atoms with Crippen LogP contribution in [0.15, 0.2) is 83.8 Å². The first-order valence-electron chi connectivity index (χ1n) is 10.6. The minimum Gasteiger partial charge on any atom is -0.324 e. The van der Waals surface area contributed by atoms with E-state index in [4.69, 9.17) is 5.73 Å². The molecule has 1 aliphatic rings. The first-order chi connectivity index (χ1) is 14.6. The number of thioether (sulfide) groups is 1. The number of carbonyl (C=O) groups excluding carboxylic acids is 1. The van der Waals surface area contributed by atoms with E-state index in [0.717, 1.165) is 17.9 Å². The van der Waals surface area contributed by atoms with Crippen molar-refractivity contribution in [1.29, 1.82) is 0 Å². The molecule has 3 aromatic rings. The lowest BCUT2D eigenvalue weighted by atomic mass is 9.78. The zero-order chi connectivity index (χ0) is 21.4. The van der Waals surface area contributed by atoms with Gasteiger partial charge in [-0.15, -0.1) is 11.8 Å². The molecule has 0 aliphatic heterocycles. The third-order valence-electron chi connectivity index (χ3n) is 5.28. The maximum absolute atomic E-state index is 12.9. The molecule has 1 unspecified atom stereocenters. The molecule has 0 radical (unpaired) electrons. The maximum Gasteiger partial charge on any atom is 0.244 e. The van der Waals surface area contributed by atoms with Crippen molar-refractivity contribution in [2.75, 3.05) is 5.32 Å². The molecule has 0 fully saturated rings. The number of rotatable bonds is 5. The third-order valence-corrected chi connectivity index (χ3v) is 6.36. The lowest BCUT2D eigenvalue weighted by Crippen LogP contribution is -2.54. The van der Waals surface area contributed by atoms with Crippen molar-refractivity contribution in [2.45, 2.75) is 49.3 Å². The van der Waals surface area contributed by atoms with Gasteiger partial charge < -0.3 is 11.1 Å². The number of nitrogens with one attached hydrogen (secondary N) is 1. The van der Waals surface area contributed by atoms with Gasteiger partial charge >= 0.3 is 0 Å². The highest BCUT2D eigenvalue weighted by Crippen LogP contribution is 2.29. The molecule has 4 heteroatoms. The predicted molar refractivity (Wildman–Crippen MR) is 128 cm³/mol. The highest BCUT2D eigenvalue weighted by atomic mass is 32.2. The maximum atomic E-state index is 12.9. The van der Waals surface area contributed by atoms with Crippen LogP contribution < -0.4 is 11.1 Å². The Hall–Kier alpha value is -2.56. The summed E-state index contributed by atoms with van der Waals surface area (Å²) in [5.74, 6) is 0.824. The first-order valence-corrected chi connectivity index (χ1v) is 11.5. The number of carbonyl (C=O) groups is 1. The van der Waals surface area contributed by atoms with E-state index in [9.17, 15) is 4.79 Å². The van der Waals surface area contributed by atoms with Crippen LogP contribution in [0.3, 0.4) is 0 Å². The molecular weight excluding hydrogens is 388 g/mol. The van der Waals surface area contributed by atoms with E-state index in [0.29, 0.717) is 12.8 Å². The molecule has 156 valence electrons. The smallest absolute Gasteiger partial charge is 0.244 e. The molecule has 3 N–H and O–H groups in total. The Balaban J connectivity index is 0.00000124. The van der Waals surface area contributed by atoms with Crippen LogP contribution in [0.5, 0.6) is 0 Å². The van der Waals surface area contributed by atoms with Crippen LogP contribution in [-0.2, 0) is 23.4 Å². The van der Waals surface area contributed by atoms with Gasteiger partial charge in [0.15, 0.2) is 0 Å². The number of fused-ring (bicyclic) bond motifs is 1. The van der Waals surface area contributed by atoms with Crippen LogP contribution in [0.4, 0.5) is 5.69 Å². The zero-order valence-electron chi connectivity index (χ0n) is 17.7. The Morgan fingerprint density at radius 2 is 1.57 bits per heavy atom. The first kappa shape index (κ1) is 22.1. The van der Waals surface area contributed by atoms with E-state index >= 15 is 0 Å². The van der Waals surface area contributed by atoms with Gasteiger partial charge in [0.05, 0.1) is 0 Å². The fourth-order valence-corrected chi connectivity index (χ4v) is 4.44. The van der Waals surface area contributed by atoms with Crippen molar-refractivity contribution in [1.82, 2.24) is 0 Å². The van der Waals surface area contributed by atoms with E-state index in [1.807, 2.05) is 56.3 Å². The van der Waals surface area contributed by atoms with E-state index in [1.165, 1.54) is 21.6 Å². The minimum atomic E-state index is -0.852. The second kappa shape index (κ2) is 10.5. The summed E-state index contributed by atoms with van der Waals surface area (Å²) in [6.45, 7) is 4.00. The standard InChI is InChI=1S/C24H24N2OS.C2H6/c25-24(15-14-19-8-4-5-9-20(19)16-24)23(27)26-21-10-12-22(13-11-21)28-17-18-6-2-1-3-7-18;1-2/h1-13H,14-17,25H2,(H,26,27);1-2H3. The van der Waals surface area contributed by atoms with Crippen molar-refractivity contribution in [2.24, 2.45) is 5.73 Å². The summed E-state index contributed by atoms with van der Waals surface area (Å²) in [6, 6.07) is 26.6. The van der Waals surface area contributed by atoms with Gasteiger partial charge in [0, 0.05) is 16.3 Å². The van der Waals surface area contributed by atoms with Gasteiger partial charge in [-0.2, -0.15) is 0 Å². The average Bonchev–Trinajstić information content (AvgIpc) is 2.80. The fraction of sp³-hybridized carbons (Fsp3) is 0.269. The molecule has 3 aromatic carbocycles. The van der Waals surface area contributed by atoms with Gasteiger partial charge in [-0.1, -0.05) is 68.4 Å². The van der Waals surface area contributed by atoms with Crippen LogP contribution in [0.1, 0.15) is 37.0 Å². The molecule has 3 nitrogen and oxygen atoms in total. The van der Waals surface area contributed by atoms with Crippen molar-refractivity contribution in [3.63, 3.8) is 0 Å². The average molecular weight is 419 g/mol. The number of amides is 1. The van der Waals surface area contributed by atoms with Crippen molar-refractivity contribution < 1.29 is 4.79 Å². The second-order valence-electron chi connectivity index (χ2n) is 7.35. The summed E-state index contributed by atoms with van der Waals surface area (Å²) in [5.41, 5.74) is 10.2. The van der Waals surface area contributed by atoms with Gasteiger partial charge in [0.25, 0.3) is 0 Å². The Labute approximate surface area is 184 Å². The summed E-state index contributed by atoms with van der Waals surface area (Å²) in [6.07, 6.45) is 2.09. The lowest BCUT2D eigenvalue weighted by Gasteiger charge is -2.33. The lowest BCUT2D eigenvalue weighted by molar-refractivity contribution is -0.121. The highest BCUT2D eigenvalue weighted by Gasteiger charge is 2.37. The predicted octanol–water partition coefficient (Wildman–Crippen LogP) is 5.83. The van der Waals surface area contributed by atoms with Gasteiger partial charge in [-0.25, -0.2) is 0 Å². The van der Waals surface area contributed by atoms with Crippen LogP contribution in [0, 0.1) is 0 Å². The Kier molecular flexibility index (Phi) is 7.72. The summed E-state index contributed by atoms with van der Waals surface area (Å²) < 4.78 is 0. The van der Waals surface area contributed by atoms with Crippen molar-refractivity contribution >= 4 is 23.4 Å². The highest BCUT2D eigenvalue weighted by molar-refractivity contribution is 7.98. The molecule has 30 heavy (non-hydrogen) atoms. The van der Waals surface area contributed by atoms with E-state index < -0.39 is 5.54 Å². The van der Waals surface area contributed by atoms with Gasteiger partial charge in [-0.05, 0) is 60.2 Å². The van der Waals surface area contributed by atoms with E-state index in [1.54, 1.807) is 11.8 Å². The van der Waals surface area contributed by atoms with Crippen LogP contribution in [0.25, 0.3) is 0 Å².